The molecular weight excluding hydrogens is 447 g/mol. The second-order valence-corrected chi connectivity index (χ2v) is 12.8. The molecule has 1 aromatic rings. The van der Waals surface area contributed by atoms with Gasteiger partial charge in [0.15, 0.2) is 0 Å². The molecule has 2 nitrogen and oxygen atoms in total. The van der Waals surface area contributed by atoms with Gasteiger partial charge < -0.3 is 5.11 Å². The maximum absolute atomic E-state index is 15.4. The van der Waals surface area contributed by atoms with Crippen LogP contribution in [0.4, 0.5) is 4.39 Å². The predicted octanol–water partition coefficient (Wildman–Crippen LogP) is 9.48. The first-order chi connectivity index (χ1) is 17.4. The molecule has 0 aliphatic heterocycles. The van der Waals surface area contributed by atoms with Crippen molar-refractivity contribution in [2.75, 3.05) is 0 Å². The summed E-state index contributed by atoms with van der Waals surface area (Å²) in [6.45, 7) is 4.56. The van der Waals surface area contributed by atoms with Crippen LogP contribution in [0.2, 0.25) is 0 Å². The fraction of sp³-hybridized carbons (Fsp3) is 0.788. The van der Waals surface area contributed by atoms with Crippen molar-refractivity contribution in [3.05, 3.63) is 35.1 Å². The lowest BCUT2D eigenvalue weighted by molar-refractivity contribution is -0.146. The number of carbonyl (C=O) groups is 1. The van der Waals surface area contributed by atoms with Gasteiger partial charge in [-0.1, -0.05) is 90.2 Å². The Morgan fingerprint density at radius 3 is 1.81 bits per heavy atom. The van der Waals surface area contributed by atoms with Crippen molar-refractivity contribution >= 4 is 5.97 Å². The topological polar surface area (TPSA) is 37.3 Å². The third kappa shape index (κ3) is 6.54. The van der Waals surface area contributed by atoms with Crippen LogP contribution in [0, 0.1) is 35.4 Å². The van der Waals surface area contributed by atoms with E-state index in [0.717, 1.165) is 54.9 Å². The number of hydrogen-bond donors (Lipinski definition) is 1. The number of carboxylic acids is 1. The summed E-state index contributed by atoms with van der Waals surface area (Å²) in [5.41, 5.74) is 0.421. The van der Waals surface area contributed by atoms with Gasteiger partial charge in [0.1, 0.15) is 5.82 Å². The Labute approximate surface area is 219 Å². The van der Waals surface area contributed by atoms with E-state index in [1.54, 1.807) is 6.07 Å². The largest absolute Gasteiger partial charge is 0.481 e. The third-order valence-electron chi connectivity index (χ3n) is 10.6. The number of aryl methyl sites for hydroxylation is 1. The van der Waals surface area contributed by atoms with Crippen molar-refractivity contribution in [3.63, 3.8) is 0 Å². The highest BCUT2D eigenvalue weighted by molar-refractivity contribution is 5.81. The second-order valence-electron chi connectivity index (χ2n) is 12.8. The van der Waals surface area contributed by atoms with Crippen LogP contribution in [0.3, 0.4) is 0 Å². The molecule has 3 aliphatic rings. The van der Waals surface area contributed by atoms with Crippen LogP contribution in [-0.4, -0.2) is 11.1 Å². The summed E-state index contributed by atoms with van der Waals surface area (Å²) in [6.07, 6.45) is 21.0. The molecule has 3 fully saturated rings. The molecule has 0 aromatic heterocycles. The standard InChI is InChI=1S/C33H51FO2/c1-3-5-24-7-9-26(10-8-24)11-12-27-15-18-30(31(34)23-27)33(32(35)36)21-19-29(20-22-33)28-16-13-25(6-4-2)14-17-28/h15,18,23-26,28-29H,3-14,16-17,19-22H2,1-2H3,(H,35,36). The molecule has 1 N–H and O–H groups in total. The van der Waals surface area contributed by atoms with Gasteiger partial charge >= 0.3 is 5.97 Å². The zero-order valence-electron chi connectivity index (χ0n) is 23.1. The summed E-state index contributed by atoms with van der Waals surface area (Å²) in [7, 11) is 0. The number of benzene rings is 1. The molecule has 36 heavy (non-hydrogen) atoms. The Balaban J connectivity index is 1.33. The molecule has 0 amide bonds. The van der Waals surface area contributed by atoms with E-state index < -0.39 is 11.4 Å². The van der Waals surface area contributed by atoms with Crippen molar-refractivity contribution < 1.29 is 14.3 Å². The lowest BCUT2D eigenvalue weighted by Crippen LogP contribution is -2.41. The van der Waals surface area contributed by atoms with E-state index in [0.29, 0.717) is 24.3 Å². The Morgan fingerprint density at radius 2 is 1.31 bits per heavy atom. The zero-order valence-corrected chi connectivity index (χ0v) is 23.1. The predicted molar refractivity (Wildman–Crippen MR) is 147 cm³/mol. The van der Waals surface area contributed by atoms with Crippen LogP contribution in [0.15, 0.2) is 18.2 Å². The minimum Gasteiger partial charge on any atom is -0.481 e. The molecule has 0 heterocycles. The minimum absolute atomic E-state index is 0.292. The van der Waals surface area contributed by atoms with E-state index in [4.69, 9.17) is 0 Å². The van der Waals surface area contributed by atoms with Crippen molar-refractivity contribution in [2.45, 2.75) is 135 Å². The van der Waals surface area contributed by atoms with Crippen LogP contribution in [0.5, 0.6) is 0 Å². The quantitative estimate of drug-likeness (QED) is 0.349. The van der Waals surface area contributed by atoms with E-state index in [1.807, 2.05) is 12.1 Å². The van der Waals surface area contributed by atoms with Gasteiger partial charge in [-0.15, -0.1) is 0 Å². The second kappa shape index (κ2) is 12.9. The Morgan fingerprint density at radius 1 is 0.806 bits per heavy atom. The van der Waals surface area contributed by atoms with Crippen molar-refractivity contribution in [1.82, 2.24) is 0 Å². The molecule has 0 spiro atoms. The SMILES string of the molecule is CCCC1CCC(CCc2ccc(C3(C(=O)O)CCC(C4CCC(CCC)CC4)CC3)c(F)c2)CC1. The Kier molecular flexibility index (Phi) is 9.92. The molecular formula is C33H51FO2. The van der Waals surface area contributed by atoms with E-state index in [-0.39, 0.29) is 5.82 Å². The molecule has 202 valence electrons. The van der Waals surface area contributed by atoms with Crippen LogP contribution >= 0.6 is 0 Å². The average Bonchev–Trinajstić information content (AvgIpc) is 2.89. The minimum atomic E-state index is -1.05. The molecule has 3 aliphatic carbocycles. The number of hydrogen-bond acceptors (Lipinski definition) is 1. The fourth-order valence-corrected chi connectivity index (χ4v) is 8.25. The number of carboxylic acid groups (broad SMARTS) is 1. The van der Waals surface area contributed by atoms with Crippen LogP contribution in [-0.2, 0) is 16.6 Å². The molecule has 0 bridgehead atoms. The lowest BCUT2D eigenvalue weighted by Gasteiger charge is -2.42. The smallest absolute Gasteiger partial charge is 0.314 e. The summed E-state index contributed by atoms with van der Waals surface area (Å²) in [5, 5.41) is 10.3. The summed E-state index contributed by atoms with van der Waals surface area (Å²) in [6, 6.07) is 5.50. The van der Waals surface area contributed by atoms with Gasteiger partial charge in [0.25, 0.3) is 0 Å². The highest BCUT2D eigenvalue weighted by atomic mass is 19.1. The highest BCUT2D eigenvalue weighted by Crippen LogP contribution is 2.48. The Bertz CT molecular complexity index is 824. The summed E-state index contributed by atoms with van der Waals surface area (Å²) in [5.74, 6) is 2.82. The monoisotopic (exact) mass is 498 g/mol. The van der Waals surface area contributed by atoms with Crippen LogP contribution in [0.25, 0.3) is 0 Å². The van der Waals surface area contributed by atoms with Gasteiger partial charge in [0.2, 0.25) is 0 Å². The van der Waals surface area contributed by atoms with Crippen LogP contribution < -0.4 is 0 Å². The first-order valence-corrected chi connectivity index (χ1v) is 15.5. The molecule has 0 radical (unpaired) electrons. The maximum atomic E-state index is 15.4. The lowest BCUT2D eigenvalue weighted by atomic mass is 9.62. The van der Waals surface area contributed by atoms with Gasteiger partial charge in [0.05, 0.1) is 5.41 Å². The molecule has 0 saturated heterocycles. The van der Waals surface area contributed by atoms with E-state index in [9.17, 15) is 9.90 Å². The maximum Gasteiger partial charge on any atom is 0.314 e. The van der Waals surface area contributed by atoms with Crippen molar-refractivity contribution in [2.24, 2.45) is 29.6 Å². The Hall–Kier alpha value is -1.38. The summed E-state index contributed by atoms with van der Waals surface area (Å²) < 4.78 is 15.4. The van der Waals surface area contributed by atoms with Crippen molar-refractivity contribution in [1.29, 1.82) is 0 Å². The number of halogens is 1. The van der Waals surface area contributed by atoms with Gasteiger partial charge in [-0.3, -0.25) is 4.79 Å². The third-order valence-corrected chi connectivity index (χ3v) is 10.6. The van der Waals surface area contributed by atoms with Gasteiger partial charge in [-0.25, -0.2) is 4.39 Å². The highest BCUT2D eigenvalue weighted by Gasteiger charge is 2.46. The first kappa shape index (κ1) is 27.6. The van der Waals surface area contributed by atoms with Gasteiger partial charge in [0, 0.05) is 5.56 Å². The van der Waals surface area contributed by atoms with E-state index in [2.05, 4.69) is 13.8 Å². The zero-order chi connectivity index (χ0) is 25.5. The van der Waals surface area contributed by atoms with Crippen LogP contribution in [0.1, 0.15) is 134 Å². The molecule has 3 heteroatoms. The van der Waals surface area contributed by atoms with E-state index in [1.165, 1.54) is 77.0 Å². The summed E-state index contributed by atoms with van der Waals surface area (Å²) in [4.78, 5) is 12.6. The molecule has 4 rings (SSSR count). The number of rotatable bonds is 10. The molecule has 1 aromatic carbocycles. The molecule has 0 unspecified atom stereocenters. The molecule has 0 atom stereocenters. The normalized spacial score (nSPS) is 33.4. The molecule has 3 saturated carbocycles. The number of aliphatic carboxylic acids is 1. The van der Waals surface area contributed by atoms with Gasteiger partial charge in [-0.05, 0) is 92.6 Å². The van der Waals surface area contributed by atoms with E-state index >= 15 is 4.39 Å². The first-order valence-electron chi connectivity index (χ1n) is 15.5. The summed E-state index contributed by atoms with van der Waals surface area (Å²) >= 11 is 0. The van der Waals surface area contributed by atoms with Crippen molar-refractivity contribution in [3.8, 4) is 0 Å². The fourth-order valence-electron chi connectivity index (χ4n) is 8.25. The average molecular weight is 499 g/mol. The van der Waals surface area contributed by atoms with Gasteiger partial charge in [-0.2, -0.15) is 0 Å².